The van der Waals surface area contributed by atoms with Gasteiger partial charge in [-0.15, -0.1) is 0 Å². The van der Waals surface area contributed by atoms with Crippen molar-refractivity contribution in [2.45, 2.75) is 43.1 Å². The summed E-state index contributed by atoms with van der Waals surface area (Å²) in [6.07, 6.45) is -0.689. The number of benzene rings is 1. The number of alkyl carbamates (subject to hydrolysis) is 1. The zero-order chi connectivity index (χ0) is 15.9. The fourth-order valence-electron chi connectivity index (χ4n) is 1.49. The Bertz CT molecular complexity index is 470. The summed E-state index contributed by atoms with van der Waals surface area (Å²) in [5.41, 5.74) is 0.543. The zero-order valence-electron chi connectivity index (χ0n) is 12.5. The van der Waals surface area contributed by atoms with Gasteiger partial charge in [0, 0.05) is 0 Å². The number of carboxylic acids is 1. The fraction of sp³-hybridized carbons (Fsp3) is 0.467. The second-order valence-corrected chi connectivity index (χ2v) is 7.70. The first kappa shape index (κ1) is 17.5. The molecule has 0 aliphatic heterocycles. The summed E-state index contributed by atoms with van der Waals surface area (Å²) in [6, 6.07) is 8.99. The third kappa shape index (κ3) is 7.73. The SMILES string of the molecule is CC(C)(C)OC(=O)N[C@@H](C[Se]Cc1ccccc1)C(=O)O. The molecular formula is C15H21NO4Se. The van der Waals surface area contributed by atoms with Crippen molar-refractivity contribution in [3.8, 4) is 0 Å². The van der Waals surface area contributed by atoms with Crippen molar-refractivity contribution in [2.75, 3.05) is 0 Å². The predicted molar refractivity (Wildman–Crippen MR) is 81.5 cm³/mol. The van der Waals surface area contributed by atoms with Crippen LogP contribution in [0, 0.1) is 0 Å². The molecule has 1 rings (SSSR count). The molecule has 116 valence electrons. The van der Waals surface area contributed by atoms with E-state index in [0.717, 1.165) is 5.32 Å². The predicted octanol–water partition coefficient (Wildman–Crippen LogP) is 2.29. The second kappa shape index (κ2) is 8.05. The molecule has 0 radical (unpaired) electrons. The zero-order valence-corrected chi connectivity index (χ0v) is 14.2. The van der Waals surface area contributed by atoms with Crippen LogP contribution in [0.5, 0.6) is 0 Å². The number of rotatable bonds is 6. The molecule has 0 saturated heterocycles. The van der Waals surface area contributed by atoms with E-state index in [1.54, 1.807) is 20.8 Å². The van der Waals surface area contributed by atoms with E-state index < -0.39 is 23.7 Å². The molecule has 0 spiro atoms. The minimum atomic E-state index is -1.03. The number of carbonyl (C=O) groups excluding carboxylic acids is 1. The van der Waals surface area contributed by atoms with E-state index in [-0.39, 0.29) is 15.0 Å². The Hall–Kier alpha value is -1.52. The van der Waals surface area contributed by atoms with Gasteiger partial charge in [-0.25, -0.2) is 0 Å². The van der Waals surface area contributed by atoms with Gasteiger partial charge in [-0.3, -0.25) is 0 Å². The number of carbonyl (C=O) groups is 2. The molecule has 1 aromatic rings. The van der Waals surface area contributed by atoms with Crippen LogP contribution in [0.15, 0.2) is 30.3 Å². The van der Waals surface area contributed by atoms with Crippen molar-refractivity contribution >= 4 is 27.0 Å². The summed E-state index contributed by atoms with van der Waals surface area (Å²) in [4.78, 5) is 22.8. The van der Waals surface area contributed by atoms with Crippen LogP contribution in [0.25, 0.3) is 0 Å². The third-order valence-electron chi connectivity index (χ3n) is 2.39. The molecule has 1 atom stereocenters. The van der Waals surface area contributed by atoms with Gasteiger partial charge in [-0.1, -0.05) is 0 Å². The quantitative estimate of drug-likeness (QED) is 0.765. The van der Waals surface area contributed by atoms with Crippen LogP contribution in [0.3, 0.4) is 0 Å². The Morgan fingerprint density at radius 3 is 2.43 bits per heavy atom. The van der Waals surface area contributed by atoms with Crippen molar-refractivity contribution in [2.24, 2.45) is 0 Å². The molecule has 0 saturated carbocycles. The van der Waals surface area contributed by atoms with E-state index in [1.807, 2.05) is 30.3 Å². The number of nitrogens with one attached hydrogen (secondary N) is 1. The molecule has 1 amide bonds. The van der Waals surface area contributed by atoms with E-state index >= 15 is 0 Å². The van der Waals surface area contributed by atoms with Crippen LogP contribution in [-0.4, -0.2) is 43.8 Å². The molecule has 0 fully saturated rings. The maximum atomic E-state index is 11.6. The molecule has 6 heteroatoms. The standard InChI is InChI=1S/C15H21NO4Se/c1-15(2,3)20-14(19)16-12(13(17)18)10-21-9-11-7-5-4-6-8-11/h4-8,12H,9-10H2,1-3H3,(H,16,19)(H,17,18)/t12-/m0/s1. The van der Waals surface area contributed by atoms with Crippen LogP contribution in [0.4, 0.5) is 4.79 Å². The Labute approximate surface area is 131 Å². The summed E-state index contributed by atoms with van der Waals surface area (Å²) in [6.45, 7) is 5.21. The Morgan fingerprint density at radius 1 is 1.29 bits per heavy atom. The Morgan fingerprint density at radius 2 is 1.90 bits per heavy atom. The molecule has 0 aromatic heterocycles. The molecule has 21 heavy (non-hydrogen) atoms. The average molecular weight is 358 g/mol. The van der Waals surface area contributed by atoms with E-state index in [4.69, 9.17) is 9.84 Å². The van der Waals surface area contributed by atoms with Crippen molar-refractivity contribution in [3.63, 3.8) is 0 Å². The normalized spacial score (nSPS) is 12.5. The molecule has 0 unspecified atom stereocenters. The summed E-state index contributed by atoms with van der Waals surface area (Å²) in [5.74, 6) is -1.03. The van der Waals surface area contributed by atoms with Gasteiger partial charge < -0.3 is 0 Å². The molecule has 1 aromatic carbocycles. The van der Waals surface area contributed by atoms with Gasteiger partial charge in [0.1, 0.15) is 0 Å². The van der Waals surface area contributed by atoms with Gasteiger partial charge in [0.05, 0.1) is 0 Å². The van der Waals surface area contributed by atoms with Crippen molar-refractivity contribution in [1.82, 2.24) is 5.32 Å². The van der Waals surface area contributed by atoms with Crippen LogP contribution < -0.4 is 5.32 Å². The van der Waals surface area contributed by atoms with Gasteiger partial charge in [0.2, 0.25) is 0 Å². The Kier molecular flexibility index (Phi) is 6.72. The fourth-order valence-corrected chi connectivity index (χ4v) is 3.61. The number of hydrogen-bond donors (Lipinski definition) is 2. The molecule has 0 aliphatic rings. The van der Waals surface area contributed by atoms with Gasteiger partial charge >= 0.3 is 131 Å². The maximum absolute atomic E-state index is 11.6. The first-order valence-corrected chi connectivity index (χ1v) is 9.04. The van der Waals surface area contributed by atoms with E-state index in [2.05, 4.69) is 5.32 Å². The number of aliphatic carboxylic acids is 1. The number of carboxylic acid groups (broad SMARTS) is 1. The summed E-state index contributed by atoms with van der Waals surface area (Å²) < 4.78 is 5.08. The van der Waals surface area contributed by atoms with Crippen LogP contribution in [-0.2, 0) is 14.9 Å². The third-order valence-corrected chi connectivity index (χ3v) is 4.71. The Balaban J connectivity index is 2.43. The number of amides is 1. The van der Waals surface area contributed by atoms with Gasteiger partial charge in [0.25, 0.3) is 0 Å². The van der Waals surface area contributed by atoms with Crippen molar-refractivity contribution in [3.05, 3.63) is 35.9 Å². The van der Waals surface area contributed by atoms with Crippen molar-refractivity contribution < 1.29 is 19.4 Å². The molecular weight excluding hydrogens is 337 g/mol. The molecule has 0 aliphatic carbocycles. The van der Waals surface area contributed by atoms with Crippen LogP contribution in [0.2, 0.25) is 5.32 Å². The van der Waals surface area contributed by atoms with E-state index in [0.29, 0.717) is 5.32 Å². The van der Waals surface area contributed by atoms with Crippen LogP contribution in [0.1, 0.15) is 26.3 Å². The van der Waals surface area contributed by atoms with E-state index in [1.165, 1.54) is 5.56 Å². The number of ether oxygens (including phenoxy) is 1. The molecule has 2 N–H and O–H groups in total. The summed E-state index contributed by atoms with van der Waals surface area (Å²) in [5, 5.41) is 12.8. The monoisotopic (exact) mass is 359 g/mol. The first-order valence-electron chi connectivity index (χ1n) is 6.62. The van der Waals surface area contributed by atoms with Gasteiger partial charge in [-0.05, 0) is 0 Å². The second-order valence-electron chi connectivity index (χ2n) is 5.54. The summed E-state index contributed by atoms with van der Waals surface area (Å²) in [7, 11) is 0. The van der Waals surface area contributed by atoms with Crippen molar-refractivity contribution in [1.29, 1.82) is 0 Å². The van der Waals surface area contributed by atoms with Gasteiger partial charge in [-0.2, -0.15) is 0 Å². The minimum absolute atomic E-state index is 0.0966. The molecule has 0 bridgehead atoms. The molecule has 0 heterocycles. The van der Waals surface area contributed by atoms with E-state index in [9.17, 15) is 9.59 Å². The summed E-state index contributed by atoms with van der Waals surface area (Å²) >= 11 is 0.0966. The van der Waals surface area contributed by atoms with Crippen LogP contribution >= 0.6 is 0 Å². The number of hydrogen-bond acceptors (Lipinski definition) is 3. The topological polar surface area (TPSA) is 75.6 Å². The average Bonchev–Trinajstić information content (AvgIpc) is 2.36. The van der Waals surface area contributed by atoms with Gasteiger partial charge in [0.15, 0.2) is 0 Å². The molecule has 5 nitrogen and oxygen atoms in total. The first-order chi connectivity index (χ1) is 9.78.